The first-order chi connectivity index (χ1) is 8.27. The zero-order chi connectivity index (χ0) is 13.9. The molecule has 0 saturated heterocycles. The van der Waals surface area contributed by atoms with Gasteiger partial charge >= 0.3 is 0 Å². The molecule has 4 heteroatoms. The molecule has 0 aliphatic heterocycles. The van der Waals surface area contributed by atoms with Crippen LogP contribution in [-0.2, 0) is 9.84 Å². The molecule has 1 atom stereocenters. The summed E-state index contributed by atoms with van der Waals surface area (Å²) in [4.78, 5) is 12.0. The van der Waals surface area contributed by atoms with Crippen molar-refractivity contribution in [1.29, 1.82) is 0 Å². The lowest BCUT2D eigenvalue weighted by Gasteiger charge is -2.10. The van der Waals surface area contributed by atoms with Gasteiger partial charge in [-0.1, -0.05) is 19.1 Å². The van der Waals surface area contributed by atoms with E-state index in [1.54, 1.807) is 19.1 Å². The fourth-order valence-corrected chi connectivity index (χ4v) is 2.90. The molecule has 0 aliphatic carbocycles. The van der Waals surface area contributed by atoms with Crippen LogP contribution in [0.25, 0.3) is 0 Å². The Morgan fingerprint density at radius 2 is 1.83 bits per heavy atom. The molecule has 0 heterocycles. The minimum atomic E-state index is -3.33. The number of Topliss-reactive ketones (excluding diaryl/α,β-unsaturated/α-hetero) is 1. The summed E-state index contributed by atoms with van der Waals surface area (Å²) < 4.78 is 23.8. The molecule has 100 valence electrons. The van der Waals surface area contributed by atoms with Crippen molar-refractivity contribution in [2.45, 2.75) is 39.4 Å². The summed E-state index contributed by atoms with van der Waals surface area (Å²) in [6.07, 6.45) is 0.530. The Hall–Kier alpha value is -1.16. The summed E-state index contributed by atoms with van der Waals surface area (Å²) in [6.45, 7) is 7.32. The normalized spacial score (nSPS) is 13.3. The summed E-state index contributed by atoms with van der Waals surface area (Å²) >= 11 is 0. The number of sulfone groups is 1. The van der Waals surface area contributed by atoms with Gasteiger partial charge in [0.05, 0.1) is 5.25 Å². The van der Waals surface area contributed by atoms with E-state index in [1.165, 1.54) is 0 Å². The molecule has 1 aromatic rings. The first kappa shape index (κ1) is 14.9. The first-order valence-corrected chi connectivity index (χ1v) is 7.81. The molecule has 0 radical (unpaired) electrons. The molecule has 1 aromatic carbocycles. The van der Waals surface area contributed by atoms with Crippen LogP contribution in [0.4, 0.5) is 0 Å². The van der Waals surface area contributed by atoms with Gasteiger partial charge < -0.3 is 0 Å². The summed E-state index contributed by atoms with van der Waals surface area (Å²) in [6, 6.07) is 5.29. The van der Waals surface area contributed by atoms with Crippen LogP contribution in [0.1, 0.15) is 41.8 Å². The number of benzene rings is 1. The van der Waals surface area contributed by atoms with Gasteiger partial charge in [0.15, 0.2) is 15.6 Å². The van der Waals surface area contributed by atoms with Crippen LogP contribution in [0.2, 0.25) is 0 Å². The number of hydrogen-bond donors (Lipinski definition) is 0. The zero-order valence-electron chi connectivity index (χ0n) is 11.4. The highest BCUT2D eigenvalue weighted by atomic mass is 32.2. The quantitative estimate of drug-likeness (QED) is 0.771. The molecule has 0 N–H and O–H groups in total. The maximum atomic E-state index is 12.0. The van der Waals surface area contributed by atoms with E-state index in [4.69, 9.17) is 0 Å². The molecular weight excluding hydrogens is 248 g/mol. The van der Waals surface area contributed by atoms with Gasteiger partial charge in [-0.25, -0.2) is 8.42 Å². The monoisotopic (exact) mass is 268 g/mol. The van der Waals surface area contributed by atoms with Crippen LogP contribution in [0.5, 0.6) is 0 Å². The van der Waals surface area contributed by atoms with Crippen LogP contribution in [0.15, 0.2) is 18.2 Å². The molecule has 0 aliphatic rings. The van der Waals surface area contributed by atoms with E-state index in [0.29, 0.717) is 12.0 Å². The average molecular weight is 268 g/mol. The van der Waals surface area contributed by atoms with Gasteiger partial charge in [-0.2, -0.15) is 0 Å². The smallest absolute Gasteiger partial charge is 0.177 e. The zero-order valence-corrected chi connectivity index (χ0v) is 12.2. The lowest BCUT2D eigenvalue weighted by atomic mass is 10.0. The molecule has 1 unspecified atom stereocenters. The summed E-state index contributed by atoms with van der Waals surface area (Å²) in [5.74, 6) is -0.719. The number of ketones is 1. The third-order valence-corrected chi connectivity index (χ3v) is 5.57. The predicted octanol–water partition coefficient (Wildman–Crippen LogP) is 2.70. The molecule has 0 saturated carbocycles. The fourth-order valence-electron chi connectivity index (χ4n) is 1.58. The highest BCUT2D eigenvalue weighted by Crippen LogP contribution is 2.13. The van der Waals surface area contributed by atoms with Crippen molar-refractivity contribution >= 4 is 15.6 Å². The Bertz CT molecular complexity index is 544. The summed E-state index contributed by atoms with van der Waals surface area (Å²) in [7, 11) is -3.33. The molecule has 18 heavy (non-hydrogen) atoms. The van der Waals surface area contributed by atoms with E-state index < -0.39 is 20.8 Å². The Labute approximate surface area is 109 Å². The Morgan fingerprint density at radius 3 is 2.33 bits per heavy atom. The van der Waals surface area contributed by atoms with Crippen LogP contribution in [0.3, 0.4) is 0 Å². The molecular formula is C14H20O3S. The van der Waals surface area contributed by atoms with Crippen molar-refractivity contribution in [2.75, 3.05) is 5.75 Å². The van der Waals surface area contributed by atoms with Crippen molar-refractivity contribution in [1.82, 2.24) is 0 Å². The molecule has 3 nitrogen and oxygen atoms in total. The van der Waals surface area contributed by atoms with Crippen molar-refractivity contribution < 1.29 is 13.2 Å². The van der Waals surface area contributed by atoms with Crippen LogP contribution >= 0.6 is 0 Å². The second-order valence-corrected chi connectivity index (χ2v) is 7.17. The highest BCUT2D eigenvalue weighted by molar-refractivity contribution is 7.92. The standard InChI is InChI=1S/C14H20O3S/c1-5-12(4)18(16,17)9-14(15)13-7-6-10(2)11(3)8-13/h6-8,12H,5,9H2,1-4H3. The van der Waals surface area contributed by atoms with Crippen LogP contribution in [0, 0.1) is 13.8 Å². The van der Waals surface area contributed by atoms with Gasteiger partial charge in [-0.15, -0.1) is 0 Å². The topological polar surface area (TPSA) is 51.2 Å². The van der Waals surface area contributed by atoms with Gasteiger partial charge in [0, 0.05) is 5.56 Å². The molecule has 0 fully saturated rings. The van der Waals surface area contributed by atoms with E-state index in [1.807, 2.05) is 26.8 Å². The summed E-state index contributed by atoms with van der Waals surface area (Å²) in [5, 5.41) is -0.465. The molecule has 0 spiro atoms. The number of carbonyl (C=O) groups is 1. The van der Waals surface area contributed by atoms with Crippen LogP contribution in [-0.4, -0.2) is 25.2 Å². The van der Waals surface area contributed by atoms with E-state index in [-0.39, 0.29) is 5.78 Å². The average Bonchev–Trinajstić information content (AvgIpc) is 2.30. The fraction of sp³-hybridized carbons (Fsp3) is 0.500. The Morgan fingerprint density at radius 1 is 1.22 bits per heavy atom. The van der Waals surface area contributed by atoms with Crippen molar-refractivity contribution in [2.24, 2.45) is 0 Å². The largest absolute Gasteiger partial charge is 0.293 e. The maximum Gasteiger partial charge on any atom is 0.177 e. The minimum Gasteiger partial charge on any atom is -0.293 e. The van der Waals surface area contributed by atoms with Gasteiger partial charge in [0.1, 0.15) is 5.75 Å². The van der Waals surface area contributed by atoms with Gasteiger partial charge in [-0.3, -0.25) is 4.79 Å². The molecule has 1 rings (SSSR count). The van der Waals surface area contributed by atoms with Gasteiger partial charge in [-0.05, 0) is 44.4 Å². The second kappa shape index (κ2) is 5.65. The Balaban J connectivity index is 2.93. The maximum absolute atomic E-state index is 12.0. The highest BCUT2D eigenvalue weighted by Gasteiger charge is 2.23. The minimum absolute atomic E-state index is 0.321. The third kappa shape index (κ3) is 3.42. The molecule has 0 bridgehead atoms. The number of carbonyl (C=O) groups excluding carboxylic acids is 1. The van der Waals surface area contributed by atoms with Crippen LogP contribution < -0.4 is 0 Å². The van der Waals surface area contributed by atoms with Crippen molar-refractivity contribution in [3.8, 4) is 0 Å². The van der Waals surface area contributed by atoms with Gasteiger partial charge in [0.2, 0.25) is 0 Å². The first-order valence-electron chi connectivity index (χ1n) is 6.10. The van der Waals surface area contributed by atoms with E-state index in [2.05, 4.69) is 0 Å². The van der Waals surface area contributed by atoms with E-state index in [9.17, 15) is 13.2 Å². The number of hydrogen-bond acceptors (Lipinski definition) is 3. The second-order valence-electron chi connectivity index (χ2n) is 4.75. The SMILES string of the molecule is CCC(C)S(=O)(=O)CC(=O)c1ccc(C)c(C)c1. The van der Waals surface area contributed by atoms with Gasteiger partial charge in [0.25, 0.3) is 0 Å². The molecule has 0 amide bonds. The van der Waals surface area contributed by atoms with E-state index in [0.717, 1.165) is 11.1 Å². The Kier molecular flexibility index (Phi) is 4.68. The van der Waals surface area contributed by atoms with Crippen molar-refractivity contribution in [3.63, 3.8) is 0 Å². The summed E-state index contributed by atoms with van der Waals surface area (Å²) in [5.41, 5.74) is 2.57. The lowest BCUT2D eigenvalue weighted by molar-refractivity contribution is 0.102. The lowest BCUT2D eigenvalue weighted by Crippen LogP contribution is -2.25. The molecule has 0 aromatic heterocycles. The third-order valence-electron chi connectivity index (χ3n) is 3.35. The predicted molar refractivity (Wildman–Crippen MR) is 73.8 cm³/mol. The van der Waals surface area contributed by atoms with Crippen molar-refractivity contribution in [3.05, 3.63) is 34.9 Å². The number of aryl methyl sites for hydroxylation is 2. The number of rotatable bonds is 5. The van der Waals surface area contributed by atoms with E-state index >= 15 is 0 Å².